The standard InChI is InChI=1S/C19H31N3/c1-20-13-15-22(16-14-20)17-19-7-5-18(6-8-19)9-12-21-10-3-2-4-11-21/h5-8H,2-4,9-17H2,1H3. The van der Waals surface area contributed by atoms with Gasteiger partial charge in [-0.2, -0.15) is 0 Å². The maximum Gasteiger partial charge on any atom is 0.0234 e. The number of benzene rings is 1. The van der Waals surface area contributed by atoms with Gasteiger partial charge in [0.15, 0.2) is 0 Å². The van der Waals surface area contributed by atoms with Crippen molar-refractivity contribution in [2.75, 3.05) is 52.9 Å². The van der Waals surface area contributed by atoms with Crippen LogP contribution in [0.1, 0.15) is 30.4 Å². The molecule has 2 aliphatic heterocycles. The molecule has 3 heteroatoms. The average molecular weight is 301 g/mol. The van der Waals surface area contributed by atoms with Crippen LogP contribution in [0.3, 0.4) is 0 Å². The minimum absolute atomic E-state index is 1.11. The Morgan fingerprint density at radius 2 is 1.36 bits per heavy atom. The molecule has 2 fully saturated rings. The lowest BCUT2D eigenvalue weighted by Gasteiger charge is -2.32. The zero-order valence-corrected chi connectivity index (χ0v) is 14.1. The van der Waals surface area contributed by atoms with Crippen molar-refractivity contribution in [2.24, 2.45) is 0 Å². The van der Waals surface area contributed by atoms with Gasteiger partial charge in [-0.3, -0.25) is 4.90 Å². The summed E-state index contributed by atoms with van der Waals surface area (Å²) in [5.41, 5.74) is 2.96. The maximum absolute atomic E-state index is 2.63. The molecule has 1 aromatic rings. The second-order valence-electron chi connectivity index (χ2n) is 7.05. The number of nitrogens with zero attached hydrogens (tertiary/aromatic N) is 3. The molecule has 22 heavy (non-hydrogen) atoms. The van der Waals surface area contributed by atoms with Gasteiger partial charge in [-0.1, -0.05) is 30.7 Å². The van der Waals surface area contributed by atoms with Crippen molar-refractivity contribution in [1.82, 2.24) is 14.7 Å². The first-order chi connectivity index (χ1) is 10.8. The normalized spacial score (nSPS) is 22.0. The van der Waals surface area contributed by atoms with E-state index >= 15 is 0 Å². The third kappa shape index (κ3) is 4.80. The van der Waals surface area contributed by atoms with E-state index in [0.717, 1.165) is 6.54 Å². The lowest BCUT2D eigenvalue weighted by Crippen LogP contribution is -2.43. The highest BCUT2D eigenvalue weighted by atomic mass is 15.2. The molecule has 0 aromatic heterocycles. The Labute approximate surface area is 135 Å². The fourth-order valence-corrected chi connectivity index (χ4v) is 3.55. The number of rotatable bonds is 5. The van der Waals surface area contributed by atoms with Crippen molar-refractivity contribution in [3.63, 3.8) is 0 Å². The van der Waals surface area contributed by atoms with Gasteiger partial charge in [-0.25, -0.2) is 0 Å². The summed E-state index contributed by atoms with van der Waals surface area (Å²) in [4.78, 5) is 7.62. The lowest BCUT2D eigenvalue weighted by molar-refractivity contribution is 0.148. The van der Waals surface area contributed by atoms with Crippen LogP contribution in [0, 0.1) is 0 Å². The fourth-order valence-electron chi connectivity index (χ4n) is 3.55. The molecule has 0 bridgehead atoms. The topological polar surface area (TPSA) is 9.72 Å². The molecule has 2 aliphatic rings. The predicted octanol–water partition coefficient (Wildman–Crippen LogP) is 2.46. The summed E-state index contributed by atoms with van der Waals surface area (Å²) in [7, 11) is 2.22. The number of likely N-dealkylation sites (tertiary alicyclic amines) is 1. The summed E-state index contributed by atoms with van der Waals surface area (Å²) in [5.74, 6) is 0. The molecule has 2 saturated heterocycles. The summed E-state index contributed by atoms with van der Waals surface area (Å²) in [6.45, 7) is 9.77. The summed E-state index contributed by atoms with van der Waals surface area (Å²) < 4.78 is 0. The second kappa shape index (κ2) is 8.09. The highest BCUT2D eigenvalue weighted by Crippen LogP contribution is 2.12. The van der Waals surface area contributed by atoms with Crippen molar-refractivity contribution < 1.29 is 0 Å². The first-order valence-corrected chi connectivity index (χ1v) is 9.01. The zero-order valence-electron chi connectivity index (χ0n) is 14.1. The lowest BCUT2D eigenvalue weighted by atomic mass is 10.1. The van der Waals surface area contributed by atoms with Crippen LogP contribution in [0.15, 0.2) is 24.3 Å². The Bertz CT molecular complexity index is 428. The number of hydrogen-bond acceptors (Lipinski definition) is 3. The molecule has 2 heterocycles. The van der Waals surface area contributed by atoms with E-state index < -0.39 is 0 Å². The SMILES string of the molecule is CN1CCN(Cc2ccc(CCN3CCCCC3)cc2)CC1. The molecule has 0 N–H and O–H groups in total. The highest BCUT2D eigenvalue weighted by molar-refractivity contribution is 5.22. The molecule has 0 radical (unpaired) electrons. The van der Waals surface area contributed by atoms with E-state index in [1.165, 1.54) is 82.6 Å². The highest BCUT2D eigenvalue weighted by Gasteiger charge is 2.14. The van der Waals surface area contributed by atoms with Gasteiger partial charge in [0, 0.05) is 39.3 Å². The third-order valence-electron chi connectivity index (χ3n) is 5.19. The van der Waals surface area contributed by atoms with Crippen molar-refractivity contribution in [2.45, 2.75) is 32.2 Å². The Hall–Kier alpha value is -0.900. The maximum atomic E-state index is 2.63. The largest absolute Gasteiger partial charge is 0.304 e. The molecule has 0 aliphatic carbocycles. The predicted molar refractivity (Wildman–Crippen MR) is 93.2 cm³/mol. The van der Waals surface area contributed by atoms with Crippen LogP contribution in [0.25, 0.3) is 0 Å². The van der Waals surface area contributed by atoms with Crippen LogP contribution in [0.4, 0.5) is 0 Å². The Balaban J connectivity index is 1.43. The molecule has 3 nitrogen and oxygen atoms in total. The monoisotopic (exact) mass is 301 g/mol. The van der Waals surface area contributed by atoms with Crippen LogP contribution < -0.4 is 0 Å². The summed E-state index contributed by atoms with van der Waals surface area (Å²) in [5, 5.41) is 0. The van der Waals surface area contributed by atoms with Gasteiger partial charge < -0.3 is 9.80 Å². The van der Waals surface area contributed by atoms with E-state index in [0.29, 0.717) is 0 Å². The minimum atomic E-state index is 1.11. The zero-order chi connectivity index (χ0) is 15.2. The molecular formula is C19H31N3. The van der Waals surface area contributed by atoms with Crippen LogP contribution in [-0.2, 0) is 13.0 Å². The van der Waals surface area contributed by atoms with Gasteiger partial charge in [-0.15, -0.1) is 0 Å². The molecule has 3 rings (SSSR count). The minimum Gasteiger partial charge on any atom is -0.304 e. The second-order valence-corrected chi connectivity index (χ2v) is 7.05. The molecular weight excluding hydrogens is 270 g/mol. The van der Waals surface area contributed by atoms with Crippen LogP contribution in [-0.4, -0.2) is 67.6 Å². The fraction of sp³-hybridized carbons (Fsp3) is 0.684. The smallest absolute Gasteiger partial charge is 0.0234 e. The number of likely N-dealkylation sites (N-methyl/N-ethyl adjacent to an activating group) is 1. The van der Waals surface area contributed by atoms with Crippen molar-refractivity contribution in [3.05, 3.63) is 35.4 Å². The molecule has 0 amide bonds. The Kier molecular flexibility index (Phi) is 5.88. The molecule has 0 spiro atoms. The first-order valence-electron chi connectivity index (χ1n) is 9.01. The van der Waals surface area contributed by atoms with E-state index in [9.17, 15) is 0 Å². The van der Waals surface area contributed by atoms with Gasteiger partial charge in [0.05, 0.1) is 0 Å². The molecule has 0 atom stereocenters. The first kappa shape index (κ1) is 16.0. The molecule has 0 unspecified atom stereocenters. The van der Waals surface area contributed by atoms with Gasteiger partial charge in [-0.05, 0) is 50.5 Å². The average Bonchev–Trinajstić information content (AvgIpc) is 2.57. The van der Waals surface area contributed by atoms with Crippen LogP contribution >= 0.6 is 0 Å². The van der Waals surface area contributed by atoms with Crippen molar-refractivity contribution in [3.8, 4) is 0 Å². The number of piperazine rings is 1. The molecule has 0 saturated carbocycles. The Morgan fingerprint density at radius 1 is 0.727 bits per heavy atom. The van der Waals surface area contributed by atoms with E-state index in [2.05, 4.69) is 46.0 Å². The van der Waals surface area contributed by atoms with Crippen LogP contribution in [0.5, 0.6) is 0 Å². The summed E-state index contributed by atoms with van der Waals surface area (Å²) in [6.07, 6.45) is 5.42. The van der Waals surface area contributed by atoms with Crippen molar-refractivity contribution >= 4 is 0 Å². The van der Waals surface area contributed by atoms with E-state index in [-0.39, 0.29) is 0 Å². The van der Waals surface area contributed by atoms with Gasteiger partial charge in [0.1, 0.15) is 0 Å². The number of hydrogen-bond donors (Lipinski definition) is 0. The van der Waals surface area contributed by atoms with E-state index in [1.54, 1.807) is 0 Å². The third-order valence-corrected chi connectivity index (χ3v) is 5.19. The van der Waals surface area contributed by atoms with Gasteiger partial charge in [0.2, 0.25) is 0 Å². The summed E-state index contributed by atoms with van der Waals surface area (Å²) in [6, 6.07) is 9.36. The quantitative estimate of drug-likeness (QED) is 0.827. The van der Waals surface area contributed by atoms with Crippen LogP contribution in [0.2, 0.25) is 0 Å². The van der Waals surface area contributed by atoms with E-state index in [4.69, 9.17) is 0 Å². The Morgan fingerprint density at radius 3 is 2.05 bits per heavy atom. The molecule has 122 valence electrons. The van der Waals surface area contributed by atoms with Gasteiger partial charge in [0.25, 0.3) is 0 Å². The number of piperidine rings is 1. The molecule has 1 aromatic carbocycles. The summed E-state index contributed by atoms with van der Waals surface area (Å²) >= 11 is 0. The van der Waals surface area contributed by atoms with Gasteiger partial charge >= 0.3 is 0 Å². The van der Waals surface area contributed by atoms with Crippen molar-refractivity contribution in [1.29, 1.82) is 0 Å². The van der Waals surface area contributed by atoms with E-state index in [1.807, 2.05) is 0 Å².